The number of aryl methyl sites for hydroxylation is 1. The van der Waals surface area contributed by atoms with Crippen LogP contribution in [0.25, 0.3) is 11.3 Å². The Kier molecular flexibility index (Phi) is 2.21. The minimum absolute atomic E-state index is 0.293. The van der Waals surface area contributed by atoms with Crippen molar-refractivity contribution in [1.82, 2.24) is 9.97 Å². The quantitative estimate of drug-likeness (QED) is 0.809. The van der Waals surface area contributed by atoms with Crippen LogP contribution in [0.3, 0.4) is 0 Å². The molecule has 1 aromatic heterocycles. The lowest BCUT2D eigenvalue weighted by molar-refractivity contribution is 0.358. The number of rotatable bonds is 1. The minimum Gasteiger partial charge on any atom is -0.492 e. The SMILES string of the molecule is Cc1cnc(N)nc1-c1cccc2c1OCC2. The second-order valence-electron chi connectivity index (χ2n) is 4.15. The molecule has 1 aromatic carbocycles. The van der Waals surface area contributed by atoms with E-state index in [-0.39, 0.29) is 0 Å². The van der Waals surface area contributed by atoms with Crippen LogP contribution in [0.5, 0.6) is 5.75 Å². The minimum atomic E-state index is 0.293. The lowest BCUT2D eigenvalue weighted by Crippen LogP contribution is -1.99. The van der Waals surface area contributed by atoms with Crippen LogP contribution in [0.2, 0.25) is 0 Å². The lowest BCUT2D eigenvalue weighted by atomic mass is 10.0. The van der Waals surface area contributed by atoms with Gasteiger partial charge >= 0.3 is 0 Å². The third-order valence-electron chi connectivity index (χ3n) is 2.96. The second-order valence-corrected chi connectivity index (χ2v) is 4.15. The number of hydrogen-bond donors (Lipinski definition) is 1. The molecule has 0 aliphatic carbocycles. The first-order valence-corrected chi connectivity index (χ1v) is 5.60. The molecule has 0 atom stereocenters. The van der Waals surface area contributed by atoms with E-state index >= 15 is 0 Å². The Bertz CT molecular complexity index is 581. The number of nitrogens with zero attached hydrogens (tertiary/aromatic N) is 2. The van der Waals surface area contributed by atoms with Crippen LogP contribution in [-0.2, 0) is 6.42 Å². The van der Waals surface area contributed by atoms with Crippen LogP contribution in [0.1, 0.15) is 11.1 Å². The van der Waals surface area contributed by atoms with Crippen molar-refractivity contribution < 1.29 is 4.74 Å². The number of nitrogens with two attached hydrogens (primary N) is 1. The largest absolute Gasteiger partial charge is 0.492 e. The number of para-hydroxylation sites is 1. The Hall–Kier alpha value is -2.10. The van der Waals surface area contributed by atoms with Crippen LogP contribution < -0.4 is 10.5 Å². The van der Waals surface area contributed by atoms with E-state index in [1.807, 2.05) is 19.1 Å². The van der Waals surface area contributed by atoms with Gasteiger partial charge in [0.15, 0.2) is 0 Å². The van der Waals surface area contributed by atoms with Crippen molar-refractivity contribution >= 4 is 5.95 Å². The van der Waals surface area contributed by atoms with Crippen molar-refractivity contribution in [2.75, 3.05) is 12.3 Å². The van der Waals surface area contributed by atoms with E-state index in [2.05, 4.69) is 16.0 Å². The fourth-order valence-corrected chi connectivity index (χ4v) is 2.13. The highest BCUT2D eigenvalue weighted by atomic mass is 16.5. The highest BCUT2D eigenvalue weighted by molar-refractivity contribution is 5.72. The third kappa shape index (κ3) is 1.62. The van der Waals surface area contributed by atoms with Crippen molar-refractivity contribution in [1.29, 1.82) is 0 Å². The Labute approximate surface area is 99.5 Å². The lowest BCUT2D eigenvalue weighted by Gasteiger charge is -2.09. The summed E-state index contributed by atoms with van der Waals surface area (Å²) in [6, 6.07) is 6.13. The van der Waals surface area contributed by atoms with E-state index in [0.29, 0.717) is 5.95 Å². The van der Waals surface area contributed by atoms with Gasteiger partial charge in [0.05, 0.1) is 12.3 Å². The molecule has 2 N–H and O–H groups in total. The van der Waals surface area contributed by atoms with E-state index in [0.717, 1.165) is 35.6 Å². The van der Waals surface area contributed by atoms with Crippen LogP contribution in [-0.4, -0.2) is 16.6 Å². The smallest absolute Gasteiger partial charge is 0.220 e. The average molecular weight is 227 g/mol. The summed E-state index contributed by atoms with van der Waals surface area (Å²) in [5.41, 5.74) is 9.75. The molecule has 0 fully saturated rings. The summed E-state index contributed by atoms with van der Waals surface area (Å²) >= 11 is 0. The number of benzene rings is 1. The topological polar surface area (TPSA) is 61.0 Å². The van der Waals surface area contributed by atoms with E-state index in [1.54, 1.807) is 6.20 Å². The van der Waals surface area contributed by atoms with Crippen LogP contribution in [0.4, 0.5) is 5.95 Å². The van der Waals surface area contributed by atoms with Gasteiger partial charge in [-0.05, 0) is 24.1 Å². The summed E-state index contributed by atoms with van der Waals surface area (Å²) < 4.78 is 5.68. The van der Waals surface area contributed by atoms with E-state index in [9.17, 15) is 0 Å². The molecule has 0 radical (unpaired) electrons. The molecule has 3 rings (SSSR count). The maximum atomic E-state index is 5.68. The fourth-order valence-electron chi connectivity index (χ4n) is 2.13. The predicted molar refractivity (Wildman–Crippen MR) is 65.8 cm³/mol. The van der Waals surface area contributed by atoms with Crippen molar-refractivity contribution in [3.05, 3.63) is 35.5 Å². The molecule has 4 heteroatoms. The van der Waals surface area contributed by atoms with E-state index < -0.39 is 0 Å². The molecule has 0 amide bonds. The number of nitrogen functional groups attached to an aromatic ring is 1. The Morgan fingerprint density at radius 2 is 2.24 bits per heavy atom. The van der Waals surface area contributed by atoms with E-state index in [4.69, 9.17) is 10.5 Å². The van der Waals surface area contributed by atoms with Gasteiger partial charge in [0, 0.05) is 18.2 Å². The fraction of sp³-hybridized carbons (Fsp3) is 0.231. The van der Waals surface area contributed by atoms with Crippen molar-refractivity contribution in [3.63, 3.8) is 0 Å². The van der Waals surface area contributed by atoms with Crippen molar-refractivity contribution in [2.24, 2.45) is 0 Å². The number of fused-ring (bicyclic) bond motifs is 1. The number of ether oxygens (including phenoxy) is 1. The van der Waals surface area contributed by atoms with Gasteiger partial charge in [-0.2, -0.15) is 0 Å². The van der Waals surface area contributed by atoms with Gasteiger partial charge in [0.1, 0.15) is 5.75 Å². The summed E-state index contributed by atoms with van der Waals surface area (Å²) in [7, 11) is 0. The van der Waals surface area contributed by atoms with Gasteiger partial charge in [-0.1, -0.05) is 12.1 Å². The first-order valence-electron chi connectivity index (χ1n) is 5.60. The van der Waals surface area contributed by atoms with Crippen molar-refractivity contribution in [2.45, 2.75) is 13.3 Å². The summed E-state index contributed by atoms with van der Waals surface area (Å²) in [6.07, 6.45) is 2.70. The van der Waals surface area contributed by atoms with Crippen LogP contribution in [0.15, 0.2) is 24.4 Å². The van der Waals surface area contributed by atoms with Crippen LogP contribution >= 0.6 is 0 Å². The summed E-state index contributed by atoms with van der Waals surface area (Å²) in [4.78, 5) is 8.29. The van der Waals surface area contributed by atoms with Crippen LogP contribution in [0, 0.1) is 6.92 Å². The monoisotopic (exact) mass is 227 g/mol. The molecule has 4 nitrogen and oxygen atoms in total. The molecule has 86 valence electrons. The summed E-state index contributed by atoms with van der Waals surface area (Å²) in [5, 5.41) is 0. The summed E-state index contributed by atoms with van der Waals surface area (Å²) in [5.74, 6) is 1.23. The van der Waals surface area contributed by atoms with Gasteiger partial charge in [0.2, 0.25) is 5.95 Å². The zero-order valence-corrected chi connectivity index (χ0v) is 9.60. The van der Waals surface area contributed by atoms with Gasteiger partial charge in [-0.25, -0.2) is 9.97 Å². The molecule has 0 bridgehead atoms. The first kappa shape index (κ1) is 10.1. The van der Waals surface area contributed by atoms with Crippen molar-refractivity contribution in [3.8, 4) is 17.0 Å². The van der Waals surface area contributed by atoms with Gasteiger partial charge in [-0.3, -0.25) is 0 Å². The molecule has 1 aliphatic heterocycles. The first-order chi connectivity index (χ1) is 8.25. The third-order valence-corrected chi connectivity index (χ3v) is 2.96. The molecular formula is C13H13N3O. The maximum Gasteiger partial charge on any atom is 0.220 e. The molecule has 2 aromatic rings. The number of anilines is 1. The Morgan fingerprint density at radius 3 is 3.12 bits per heavy atom. The van der Waals surface area contributed by atoms with Gasteiger partial charge < -0.3 is 10.5 Å². The highest BCUT2D eigenvalue weighted by Gasteiger charge is 2.18. The molecule has 0 unspecified atom stereocenters. The Balaban J connectivity index is 2.22. The molecule has 0 spiro atoms. The van der Waals surface area contributed by atoms with Gasteiger partial charge in [-0.15, -0.1) is 0 Å². The summed E-state index contributed by atoms with van der Waals surface area (Å²) in [6.45, 7) is 2.72. The molecule has 2 heterocycles. The number of aromatic nitrogens is 2. The molecule has 0 saturated carbocycles. The average Bonchev–Trinajstić information content (AvgIpc) is 2.80. The normalized spacial score (nSPS) is 13.2. The molecule has 17 heavy (non-hydrogen) atoms. The predicted octanol–water partition coefficient (Wildman–Crippen LogP) is 1.97. The zero-order chi connectivity index (χ0) is 11.8. The van der Waals surface area contributed by atoms with E-state index in [1.165, 1.54) is 5.56 Å². The zero-order valence-electron chi connectivity index (χ0n) is 9.60. The molecule has 1 aliphatic rings. The second kappa shape index (κ2) is 3.73. The number of hydrogen-bond acceptors (Lipinski definition) is 4. The molecule has 0 saturated heterocycles. The molecular weight excluding hydrogens is 214 g/mol. The Morgan fingerprint density at radius 1 is 1.35 bits per heavy atom. The maximum absolute atomic E-state index is 5.68. The van der Waals surface area contributed by atoms with Gasteiger partial charge in [0.25, 0.3) is 0 Å². The highest BCUT2D eigenvalue weighted by Crippen LogP contribution is 2.36. The standard InChI is InChI=1S/C13H13N3O/c1-8-7-15-13(14)16-11(8)10-4-2-3-9-5-6-17-12(9)10/h2-4,7H,5-6H2,1H3,(H2,14,15,16).